The summed E-state index contributed by atoms with van der Waals surface area (Å²) in [7, 11) is 0. The molecule has 1 saturated heterocycles. The summed E-state index contributed by atoms with van der Waals surface area (Å²) in [4.78, 5) is 23.4. The number of hydrogen-bond donors (Lipinski definition) is 2. The molecule has 0 saturated carbocycles. The zero-order valence-electron chi connectivity index (χ0n) is 21.9. The Balaban J connectivity index is 1.28. The van der Waals surface area contributed by atoms with Crippen LogP contribution in [0.15, 0.2) is 85.5 Å². The van der Waals surface area contributed by atoms with Crippen molar-refractivity contribution in [3.63, 3.8) is 0 Å². The highest BCUT2D eigenvalue weighted by Crippen LogP contribution is 2.34. The molecule has 2 amide bonds. The molecule has 1 unspecified atom stereocenters. The number of halogens is 3. The van der Waals surface area contributed by atoms with Crippen LogP contribution in [0, 0.1) is 11.7 Å². The maximum atomic E-state index is 13.5. The van der Waals surface area contributed by atoms with Gasteiger partial charge in [-0.25, -0.2) is 19.2 Å². The Bertz CT molecular complexity index is 1430. The van der Waals surface area contributed by atoms with Crippen molar-refractivity contribution in [1.29, 1.82) is 0 Å². The molecule has 1 fully saturated rings. The molecule has 5 rings (SSSR count). The molecule has 1 aromatic heterocycles. The van der Waals surface area contributed by atoms with E-state index >= 15 is 0 Å². The minimum atomic E-state index is -0.528. The fourth-order valence-electron chi connectivity index (χ4n) is 5.28. The standard InChI is InChI=1S/C31H30Cl2FN5O/c32-26-3-1-2-25(14-26)22-4-6-23(7-5-22)28(18-37-31(40)38-27-8-9-30(34)29(33)15-27)24-10-12-39(13-11-24)19-21-16-35-20-36-17-21/h1-9,14-17,20,24,28H,10-13,18-19H2,(H2,37,38,40). The first-order valence-corrected chi connectivity index (χ1v) is 14.0. The van der Waals surface area contributed by atoms with Crippen LogP contribution in [0.5, 0.6) is 0 Å². The summed E-state index contributed by atoms with van der Waals surface area (Å²) >= 11 is 12.1. The molecule has 1 aliphatic rings. The highest BCUT2D eigenvalue weighted by molar-refractivity contribution is 6.31. The highest BCUT2D eigenvalue weighted by atomic mass is 35.5. The summed E-state index contributed by atoms with van der Waals surface area (Å²) in [5.74, 6) is -0.0147. The van der Waals surface area contributed by atoms with E-state index in [1.807, 2.05) is 36.7 Å². The molecule has 0 aliphatic carbocycles. The largest absolute Gasteiger partial charge is 0.337 e. The number of hydrogen-bond acceptors (Lipinski definition) is 4. The number of anilines is 1. The van der Waals surface area contributed by atoms with E-state index in [4.69, 9.17) is 23.2 Å². The lowest BCUT2D eigenvalue weighted by molar-refractivity contribution is 0.160. The van der Waals surface area contributed by atoms with Crippen LogP contribution in [-0.2, 0) is 6.54 Å². The molecule has 1 aliphatic heterocycles. The van der Waals surface area contributed by atoms with E-state index in [0.29, 0.717) is 23.2 Å². The lowest BCUT2D eigenvalue weighted by Crippen LogP contribution is -2.39. The van der Waals surface area contributed by atoms with Crippen molar-refractivity contribution in [3.05, 3.63) is 112 Å². The van der Waals surface area contributed by atoms with Crippen molar-refractivity contribution >= 4 is 34.9 Å². The van der Waals surface area contributed by atoms with Gasteiger partial charge in [0.15, 0.2) is 0 Å². The smallest absolute Gasteiger partial charge is 0.319 e. The van der Waals surface area contributed by atoms with E-state index in [9.17, 15) is 9.18 Å². The van der Waals surface area contributed by atoms with Crippen LogP contribution >= 0.6 is 23.2 Å². The number of carbonyl (C=O) groups excluding carboxylic acids is 1. The van der Waals surface area contributed by atoms with Crippen LogP contribution in [0.25, 0.3) is 11.1 Å². The molecule has 1 atom stereocenters. The first-order chi connectivity index (χ1) is 19.4. The molecule has 6 nitrogen and oxygen atoms in total. The quantitative estimate of drug-likeness (QED) is 0.229. The zero-order chi connectivity index (χ0) is 27.9. The third-order valence-electron chi connectivity index (χ3n) is 7.38. The molecule has 2 heterocycles. The van der Waals surface area contributed by atoms with E-state index in [0.717, 1.165) is 49.2 Å². The van der Waals surface area contributed by atoms with Gasteiger partial charge in [-0.3, -0.25) is 4.90 Å². The van der Waals surface area contributed by atoms with Crippen LogP contribution < -0.4 is 10.6 Å². The molecule has 0 radical (unpaired) electrons. The van der Waals surface area contributed by atoms with Crippen LogP contribution in [0.4, 0.5) is 14.9 Å². The summed E-state index contributed by atoms with van der Waals surface area (Å²) in [6.07, 6.45) is 7.28. The number of urea groups is 1. The van der Waals surface area contributed by atoms with Gasteiger partial charge >= 0.3 is 6.03 Å². The predicted octanol–water partition coefficient (Wildman–Crippen LogP) is 7.41. The van der Waals surface area contributed by atoms with Gasteiger partial charge in [-0.05, 0) is 78.9 Å². The molecule has 40 heavy (non-hydrogen) atoms. The van der Waals surface area contributed by atoms with Gasteiger partial charge in [0.05, 0.1) is 5.02 Å². The van der Waals surface area contributed by atoms with Crippen molar-refractivity contribution in [2.24, 2.45) is 5.92 Å². The summed E-state index contributed by atoms with van der Waals surface area (Å²) in [5.41, 5.74) is 4.86. The Labute approximate surface area is 243 Å². The summed E-state index contributed by atoms with van der Waals surface area (Å²) in [5, 5.41) is 6.45. The SMILES string of the molecule is O=C(NCC(c1ccc(-c2cccc(Cl)c2)cc1)C1CCN(Cc2cncnc2)CC1)Nc1ccc(F)c(Cl)c1. The Morgan fingerprint density at radius 1 is 0.975 bits per heavy atom. The summed E-state index contributed by atoms with van der Waals surface area (Å²) in [6.45, 7) is 3.20. The minimum absolute atomic E-state index is 0.0377. The number of amides is 2. The van der Waals surface area contributed by atoms with Crippen molar-refractivity contribution < 1.29 is 9.18 Å². The van der Waals surface area contributed by atoms with E-state index < -0.39 is 5.82 Å². The summed E-state index contributed by atoms with van der Waals surface area (Å²) in [6, 6.07) is 20.1. The number of rotatable bonds is 8. The molecule has 206 valence electrons. The van der Waals surface area contributed by atoms with E-state index in [1.165, 1.54) is 23.8 Å². The third kappa shape index (κ3) is 7.36. The molecular weight excluding hydrogens is 548 g/mol. The first kappa shape index (κ1) is 28.0. The topological polar surface area (TPSA) is 70.2 Å². The monoisotopic (exact) mass is 577 g/mol. The number of piperidine rings is 1. The number of nitrogens with zero attached hydrogens (tertiary/aromatic N) is 3. The Morgan fingerprint density at radius 2 is 1.73 bits per heavy atom. The predicted molar refractivity (Wildman–Crippen MR) is 158 cm³/mol. The number of nitrogens with one attached hydrogen (secondary N) is 2. The molecule has 4 aromatic rings. The normalized spacial score (nSPS) is 15.0. The second kappa shape index (κ2) is 13.2. The Kier molecular flexibility index (Phi) is 9.26. The van der Waals surface area contributed by atoms with Crippen molar-refractivity contribution in [3.8, 4) is 11.1 Å². The van der Waals surface area contributed by atoms with Crippen LogP contribution in [0.2, 0.25) is 10.0 Å². The van der Waals surface area contributed by atoms with Gasteiger partial charge in [0.2, 0.25) is 0 Å². The maximum Gasteiger partial charge on any atom is 0.319 e. The third-order valence-corrected chi connectivity index (χ3v) is 7.90. The molecule has 3 aromatic carbocycles. The number of benzene rings is 3. The zero-order valence-corrected chi connectivity index (χ0v) is 23.4. The highest BCUT2D eigenvalue weighted by Gasteiger charge is 2.28. The second-order valence-corrected chi connectivity index (χ2v) is 10.9. The minimum Gasteiger partial charge on any atom is -0.337 e. The molecule has 9 heteroatoms. The van der Waals surface area contributed by atoms with Crippen molar-refractivity contribution in [2.45, 2.75) is 25.3 Å². The van der Waals surface area contributed by atoms with Crippen molar-refractivity contribution in [1.82, 2.24) is 20.2 Å². The first-order valence-electron chi connectivity index (χ1n) is 13.3. The fraction of sp³-hybridized carbons (Fsp3) is 0.258. The maximum absolute atomic E-state index is 13.5. The molecule has 0 spiro atoms. The van der Waals surface area contributed by atoms with Crippen molar-refractivity contribution in [2.75, 3.05) is 25.0 Å². The molecular formula is C31H30Cl2FN5O. The Hall–Kier alpha value is -3.52. The summed E-state index contributed by atoms with van der Waals surface area (Å²) < 4.78 is 13.5. The Morgan fingerprint density at radius 3 is 2.42 bits per heavy atom. The van der Waals surface area contributed by atoms with E-state index in [-0.39, 0.29) is 17.0 Å². The molecule has 0 bridgehead atoms. The number of aromatic nitrogens is 2. The number of carbonyl (C=O) groups is 1. The van der Waals surface area contributed by atoms with Gasteiger partial charge in [-0.15, -0.1) is 0 Å². The van der Waals surface area contributed by atoms with Crippen LogP contribution in [0.1, 0.15) is 29.9 Å². The lowest BCUT2D eigenvalue weighted by Gasteiger charge is -2.36. The average molecular weight is 579 g/mol. The van der Waals surface area contributed by atoms with Gasteiger partial charge in [0.1, 0.15) is 12.1 Å². The van der Waals surface area contributed by atoms with Gasteiger partial charge in [-0.1, -0.05) is 59.6 Å². The lowest BCUT2D eigenvalue weighted by atomic mass is 9.79. The van der Waals surface area contributed by atoms with E-state index in [2.05, 4.69) is 49.8 Å². The van der Waals surface area contributed by atoms with Gasteiger partial charge in [-0.2, -0.15) is 0 Å². The van der Waals surface area contributed by atoms with Gasteiger partial charge in [0.25, 0.3) is 0 Å². The second-order valence-electron chi connectivity index (χ2n) is 10.1. The average Bonchev–Trinajstić information content (AvgIpc) is 2.97. The van der Waals surface area contributed by atoms with Crippen LogP contribution in [0.3, 0.4) is 0 Å². The molecule has 2 N–H and O–H groups in total. The van der Waals surface area contributed by atoms with Gasteiger partial charge < -0.3 is 10.6 Å². The van der Waals surface area contributed by atoms with E-state index in [1.54, 1.807) is 6.33 Å². The fourth-order valence-corrected chi connectivity index (χ4v) is 5.65. The van der Waals surface area contributed by atoms with Crippen LogP contribution in [-0.4, -0.2) is 40.5 Å². The number of likely N-dealkylation sites (tertiary alicyclic amines) is 1. The van der Waals surface area contributed by atoms with Gasteiger partial charge in [0, 0.05) is 47.7 Å².